The third kappa shape index (κ3) is 3.86. The number of nitrogens with two attached hydrogens (primary N) is 1. The molecule has 0 fully saturated rings. The number of carbonyl (C=O) groups is 1. The van der Waals surface area contributed by atoms with Crippen LogP contribution >= 0.6 is 0 Å². The van der Waals surface area contributed by atoms with Gasteiger partial charge >= 0.3 is 5.97 Å². The maximum absolute atomic E-state index is 12.3. The van der Waals surface area contributed by atoms with E-state index in [-0.39, 0.29) is 26.9 Å². The summed E-state index contributed by atoms with van der Waals surface area (Å²) >= 11 is 0. The number of sulfone groups is 2. The number of nitrogens with zero attached hydrogens (tertiary/aromatic N) is 3. The molecule has 2 aromatic heterocycles. The number of H-pyrrole nitrogens is 1. The van der Waals surface area contributed by atoms with E-state index >= 15 is 0 Å². The van der Waals surface area contributed by atoms with E-state index in [1.54, 1.807) is 0 Å². The van der Waals surface area contributed by atoms with Crippen molar-refractivity contribution < 1.29 is 26.5 Å². The van der Waals surface area contributed by atoms with Crippen molar-refractivity contribution in [1.82, 2.24) is 19.7 Å². The molecular weight excluding hydrogens is 414 g/mol. The van der Waals surface area contributed by atoms with Crippen molar-refractivity contribution in [2.75, 3.05) is 17.7 Å². The highest BCUT2D eigenvalue weighted by atomic mass is 32.2. The Morgan fingerprint density at radius 2 is 1.79 bits per heavy atom. The van der Waals surface area contributed by atoms with Crippen molar-refractivity contribution in [2.45, 2.75) is 9.79 Å². The minimum Gasteiger partial charge on any atom is -0.369 e. The van der Waals surface area contributed by atoms with Crippen LogP contribution in [-0.2, 0) is 24.5 Å². The van der Waals surface area contributed by atoms with Crippen LogP contribution in [0.25, 0.3) is 11.2 Å². The Morgan fingerprint density at radius 3 is 2.39 bits per heavy atom. The molecule has 14 heteroatoms. The zero-order valence-electron chi connectivity index (χ0n) is 14.2. The molecule has 0 spiro atoms. The number of imidazole rings is 1. The fourth-order valence-electron chi connectivity index (χ4n) is 2.24. The van der Waals surface area contributed by atoms with Gasteiger partial charge in [0.2, 0.25) is 11.6 Å². The first kappa shape index (κ1) is 19.5. The summed E-state index contributed by atoms with van der Waals surface area (Å²) < 4.78 is 48.3. The SMILES string of the molecule is CS(=O)(=O)c1ccc(S(=O)(=O)CC(=O)On2cnc3c(=O)[nH]c(N)nc32)cc1. The lowest BCUT2D eigenvalue weighted by Gasteiger charge is -2.07. The number of aromatic nitrogens is 4. The molecule has 28 heavy (non-hydrogen) atoms. The van der Waals surface area contributed by atoms with Crippen LogP contribution < -0.4 is 16.1 Å². The summed E-state index contributed by atoms with van der Waals surface area (Å²) in [6.45, 7) is 0. The molecule has 3 N–H and O–H groups in total. The number of hydrogen-bond acceptors (Lipinski definition) is 10. The molecule has 3 rings (SSSR count). The first-order chi connectivity index (χ1) is 13.0. The summed E-state index contributed by atoms with van der Waals surface area (Å²) in [6.07, 6.45) is 1.95. The van der Waals surface area contributed by atoms with E-state index in [1.807, 2.05) is 0 Å². The molecule has 0 saturated carbocycles. The zero-order chi connectivity index (χ0) is 20.7. The molecule has 3 aromatic rings. The van der Waals surface area contributed by atoms with Crippen LogP contribution in [0.5, 0.6) is 0 Å². The summed E-state index contributed by atoms with van der Waals surface area (Å²) in [6, 6.07) is 4.40. The van der Waals surface area contributed by atoms with E-state index in [0.717, 1.165) is 41.6 Å². The maximum atomic E-state index is 12.3. The number of nitrogen functional groups attached to an aromatic ring is 1. The zero-order valence-corrected chi connectivity index (χ0v) is 15.8. The van der Waals surface area contributed by atoms with Gasteiger partial charge in [-0.2, -0.15) is 4.98 Å². The van der Waals surface area contributed by atoms with E-state index in [2.05, 4.69) is 15.0 Å². The predicted molar refractivity (Wildman–Crippen MR) is 95.8 cm³/mol. The summed E-state index contributed by atoms with van der Waals surface area (Å²) in [7, 11) is -7.60. The molecule has 148 valence electrons. The van der Waals surface area contributed by atoms with Crippen LogP contribution in [0.15, 0.2) is 45.2 Å². The molecule has 0 bridgehead atoms. The Bertz CT molecular complexity index is 1340. The van der Waals surface area contributed by atoms with Gasteiger partial charge in [-0.25, -0.2) is 26.6 Å². The van der Waals surface area contributed by atoms with Crippen LogP contribution in [0, 0.1) is 0 Å². The van der Waals surface area contributed by atoms with Gasteiger partial charge in [0, 0.05) is 6.26 Å². The Kier molecular flexibility index (Phi) is 4.68. The standard InChI is InChI=1S/C14H13N5O7S2/c1-27(22,23)8-2-4-9(5-3-8)28(24,25)6-10(20)26-19-7-16-11-12(19)17-14(15)18-13(11)21/h2-5,7H,6H2,1H3,(H3,15,17,18,21). The number of fused-ring (bicyclic) bond motifs is 1. The first-order valence-electron chi connectivity index (χ1n) is 7.44. The van der Waals surface area contributed by atoms with E-state index in [1.165, 1.54) is 0 Å². The number of aromatic amines is 1. The molecule has 0 saturated heterocycles. The molecule has 0 aliphatic heterocycles. The van der Waals surface area contributed by atoms with Crippen molar-refractivity contribution in [2.24, 2.45) is 0 Å². The van der Waals surface area contributed by atoms with Crippen LogP contribution in [0.2, 0.25) is 0 Å². The van der Waals surface area contributed by atoms with Gasteiger partial charge in [0.1, 0.15) is 6.33 Å². The third-order valence-electron chi connectivity index (χ3n) is 3.51. The lowest BCUT2D eigenvalue weighted by molar-refractivity contribution is -0.140. The smallest absolute Gasteiger partial charge is 0.348 e. The van der Waals surface area contributed by atoms with Gasteiger partial charge in [-0.05, 0) is 24.3 Å². The van der Waals surface area contributed by atoms with Crippen LogP contribution in [-0.4, -0.2) is 54.5 Å². The van der Waals surface area contributed by atoms with Gasteiger partial charge < -0.3 is 10.6 Å². The van der Waals surface area contributed by atoms with Gasteiger partial charge in [0.05, 0.1) is 9.79 Å². The number of benzene rings is 1. The van der Waals surface area contributed by atoms with Crippen LogP contribution in [0.1, 0.15) is 0 Å². The molecule has 12 nitrogen and oxygen atoms in total. The highest BCUT2D eigenvalue weighted by Crippen LogP contribution is 2.16. The third-order valence-corrected chi connectivity index (χ3v) is 6.25. The highest BCUT2D eigenvalue weighted by molar-refractivity contribution is 7.92. The second-order valence-corrected chi connectivity index (χ2v) is 9.67. The number of nitrogens with one attached hydrogen (secondary N) is 1. The van der Waals surface area contributed by atoms with Gasteiger partial charge in [-0.3, -0.25) is 9.78 Å². The van der Waals surface area contributed by atoms with E-state index in [4.69, 9.17) is 10.6 Å². The summed E-state index contributed by atoms with van der Waals surface area (Å²) in [5.41, 5.74) is 4.45. The van der Waals surface area contributed by atoms with Gasteiger partial charge in [-0.1, -0.05) is 0 Å². The Hall–Kier alpha value is -3.26. The monoisotopic (exact) mass is 427 g/mol. The predicted octanol–water partition coefficient (Wildman–Crippen LogP) is -1.47. The molecule has 0 amide bonds. The molecule has 0 aliphatic rings. The largest absolute Gasteiger partial charge is 0.369 e. The minimum atomic E-state index is -4.11. The minimum absolute atomic E-state index is 0.0622. The lowest BCUT2D eigenvalue weighted by atomic mass is 10.4. The summed E-state index contributed by atoms with van der Waals surface area (Å²) in [4.78, 5) is 38.0. The number of hydrogen-bond donors (Lipinski definition) is 2. The second kappa shape index (κ2) is 6.72. The molecule has 0 unspecified atom stereocenters. The molecule has 1 aromatic carbocycles. The van der Waals surface area contributed by atoms with Gasteiger partial charge in [-0.15, -0.1) is 4.73 Å². The number of carbonyl (C=O) groups excluding carboxylic acids is 1. The molecule has 2 heterocycles. The molecular formula is C14H13N5O7S2. The molecule has 0 atom stereocenters. The van der Waals surface area contributed by atoms with E-state index < -0.39 is 37.0 Å². The molecule has 0 radical (unpaired) electrons. The maximum Gasteiger partial charge on any atom is 0.348 e. The fourth-order valence-corrected chi connectivity index (χ4v) is 3.95. The van der Waals surface area contributed by atoms with Gasteiger partial charge in [0.25, 0.3) is 5.56 Å². The van der Waals surface area contributed by atoms with Crippen LogP contribution in [0.4, 0.5) is 5.95 Å². The highest BCUT2D eigenvalue weighted by Gasteiger charge is 2.23. The van der Waals surface area contributed by atoms with Crippen molar-refractivity contribution in [1.29, 1.82) is 0 Å². The van der Waals surface area contributed by atoms with E-state index in [9.17, 15) is 26.4 Å². The summed E-state index contributed by atoms with van der Waals surface area (Å²) in [5.74, 6) is -2.45. The average Bonchev–Trinajstić information content (AvgIpc) is 2.96. The number of anilines is 1. The van der Waals surface area contributed by atoms with Crippen molar-refractivity contribution in [3.63, 3.8) is 0 Å². The van der Waals surface area contributed by atoms with Gasteiger partial charge in [0.15, 0.2) is 30.9 Å². The van der Waals surface area contributed by atoms with Crippen LogP contribution in [0.3, 0.4) is 0 Å². The topological polar surface area (TPSA) is 184 Å². The Balaban J connectivity index is 1.82. The van der Waals surface area contributed by atoms with Crippen molar-refractivity contribution in [3.8, 4) is 0 Å². The summed E-state index contributed by atoms with van der Waals surface area (Å²) in [5, 5.41) is 0. The first-order valence-corrected chi connectivity index (χ1v) is 11.0. The molecule has 0 aliphatic carbocycles. The quantitative estimate of drug-likeness (QED) is 0.487. The van der Waals surface area contributed by atoms with Crippen molar-refractivity contribution >= 4 is 42.8 Å². The normalized spacial score (nSPS) is 12.2. The van der Waals surface area contributed by atoms with E-state index in [0.29, 0.717) is 0 Å². The fraction of sp³-hybridized carbons (Fsp3) is 0.143. The Morgan fingerprint density at radius 1 is 1.18 bits per heavy atom. The Labute approximate surface area is 157 Å². The van der Waals surface area contributed by atoms with Crippen molar-refractivity contribution in [3.05, 3.63) is 40.9 Å². The average molecular weight is 427 g/mol. The second-order valence-electron chi connectivity index (χ2n) is 5.66. The number of rotatable bonds is 5. The lowest BCUT2D eigenvalue weighted by Crippen LogP contribution is -2.27.